The molecule has 0 aliphatic carbocycles. The maximum atomic E-state index is 8.81. The molecule has 0 fully saturated rings. The van der Waals surface area contributed by atoms with Gasteiger partial charge < -0.3 is 14.6 Å². The van der Waals surface area contributed by atoms with E-state index in [2.05, 4.69) is 42.8 Å². The number of hydrogen-bond donors (Lipinski definition) is 0. The van der Waals surface area contributed by atoms with Crippen molar-refractivity contribution in [2.24, 2.45) is 0 Å². The highest BCUT2D eigenvalue weighted by molar-refractivity contribution is 6.30. The minimum Gasteiger partial charge on any atom is -0.373 e. The third-order valence-corrected chi connectivity index (χ3v) is 3.17. The van der Waals surface area contributed by atoms with Crippen LogP contribution in [-0.2, 0) is 4.79 Å². The highest BCUT2D eigenvalue weighted by atomic mass is 35.5. The number of carbonyl (C=O) groups excluding carboxylic acids is 1. The van der Waals surface area contributed by atoms with E-state index in [1.54, 1.807) is 0 Å². The first-order valence-electron chi connectivity index (χ1n) is 7.67. The van der Waals surface area contributed by atoms with Gasteiger partial charge in [-0.1, -0.05) is 39.3 Å². The second-order valence-corrected chi connectivity index (χ2v) is 4.60. The molecule has 21 heavy (non-hydrogen) atoms. The minimum atomic E-state index is 0.750. The number of carbonyl (C=O) groups is 1. The molecule has 0 aliphatic rings. The average Bonchev–Trinajstić information content (AvgIpc) is 2.51. The van der Waals surface area contributed by atoms with E-state index >= 15 is 0 Å². The van der Waals surface area contributed by atoms with E-state index < -0.39 is 0 Å². The summed E-state index contributed by atoms with van der Waals surface area (Å²) in [6.45, 7) is 14.2. The number of hydrogen-bond acceptors (Lipinski definition) is 3. The predicted molar refractivity (Wildman–Crippen MR) is 95.6 cm³/mol. The summed E-state index contributed by atoms with van der Waals surface area (Å²) in [5, 5.41) is 0.792. The predicted octanol–water partition coefficient (Wildman–Crippen LogP) is 4.35. The van der Waals surface area contributed by atoms with Crippen LogP contribution in [-0.4, -0.2) is 44.4 Å². The van der Waals surface area contributed by atoms with Crippen LogP contribution in [0.5, 0.6) is 0 Å². The number of likely N-dealkylation sites (N-methyl/N-ethyl adjacent to an activating group) is 2. The van der Waals surface area contributed by atoms with Gasteiger partial charge in [0.2, 0.25) is 0 Å². The zero-order chi connectivity index (χ0) is 16.7. The number of benzene rings is 1. The molecule has 0 radical (unpaired) electrons. The first-order chi connectivity index (χ1) is 10.1. The summed E-state index contributed by atoms with van der Waals surface area (Å²) < 4.78 is 0. The number of halogens is 1. The Morgan fingerprint density at radius 3 is 1.86 bits per heavy atom. The van der Waals surface area contributed by atoms with Gasteiger partial charge in [-0.25, -0.2) is 0 Å². The first-order valence-corrected chi connectivity index (χ1v) is 8.05. The summed E-state index contributed by atoms with van der Waals surface area (Å²) in [5.74, 6) is 0. The second kappa shape index (κ2) is 15.3. The van der Waals surface area contributed by atoms with Crippen LogP contribution in [0.1, 0.15) is 34.6 Å². The van der Waals surface area contributed by atoms with E-state index in [0.29, 0.717) is 0 Å². The number of rotatable bonds is 6. The van der Waals surface area contributed by atoms with Gasteiger partial charge in [0.05, 0.1) is 0 Å². The Morgan fingerprint density at radius 2 is 1.48 bits per heavy atom. The highest BCUT2D eigenvalue weighted by Crippen LogP contribution is 2.16. The molecule has 0 aliphatic heterocycles. The Bertz CT molecular complexity index is 337. The van der Waals surface area contributed by atoms with Crippen molar-refractivity contribution in [2.75, 3.05) is 38.1 Å². The Hall–Kier alpha value is -1.06. The maximum Gasteiger partial charge on any atom is 0.116 e. The van der Waals surface area contributed by atoms with Crippen molar-refractivity contribution in [3.05, 3.63) is 29.3 Å². The lowest BCUT2D eigenvalue weighted by Crippen LogP contribution is -2.33. The molecule has 0 spiro atoms. The summed E-state index contributed by atoms with van der Waals surface area (Å²) >= 11 is 5.86. The fourth-order valence-electron chi connectivity index (χ4n) is 1.66. The average molecular weight is 315 g/mol. The molecule has 1 rings (SSSR count). The third kappa shape index (κ3) is 11.3. The van der Waals surface area contributed by atoms with E-state index in [1.165, 1.54) is 12.6 Å². The van der Waals surface area contributed by atoms with Crippen LogP contribution in [0, 0.1) is 0 Å². The first kappa shape index (κ1) is 22.2. The lowest BCUT2D eigenvalue weighted by molar-refractivity contribution is -0.106. The van der Waals surface area contributed by atoms with Gasteiger partial charge in [0.1, 0.15) is 6.29 Å². The van der Waals surface area contributed by atoms with Crippen molar-refractivity contribution in [1.29, 1.82) is 0 Å². The standard InChI is InChI=1S/C13H21ClN2.C2H4O.C2H6/c1-4-16(5-2)11-10-15(3)13-8-6-12(14)7-9-13;1-2-3;1-2/h6-9H,4-5,10-11H2,1-3H3;2H,1H3;1-2H3. The molecule has 122 valence electrons. The quantitative estimate of drug-likeness (QED) is 0.729. The number of anilines is 1. The zero-order valence-corrected chi connectivity index (χ0v) is 15.2. The summed E-state index contributed by atoms with van der Waals surface area (Å²) in [6.07, 6.45) is 0.750. The summed E-state index contributed by atoms with van der Waals surface area (Å²) in [6, 6.07) is 7.99. The lowest BCUT2D eigenvalue weighted by atomic mass is 10.3. The van der Waals surface area contributed by atoms with Gasteiger partial charge >= 0.3 is 0 Å². The van der Waals surface area contributed by atoms with Crippen LogP contribution in [0.25, 0.3) is 0 Å². The summed E-state index contributed by atoms with van der Waals surface area (Å²) in [7, 11) is 2.12. The van der Waals surface area contributed by atoms with Gasteiger partial charge in [-0.05, 0) is 44.3 Å². The SMILES string of the molecule is CC.CC=O.CCN(CC)CCN(C)c1ccc(Cl)cc1. The molecule has 0 atom stereocenters. The van der Waals surface area contributed by atoms with Crippen LogP contribution < -0.4 is 4.90 Å². The maximum absolute atomic E-state index is 8.81. The van der Waals surface area contributed by atoms with Gasteiger partial charge in [-0.15, -0.1) is 0 Å². The molecule has 3 nitrogen and oxygen atoms in total. The molecule has 1 aromatic carbocycles. The highest BCUT2D eigenvalue weighted by Gasteiger charge is 2.03. The second-order valence-electron chi connectivity index (χ2n) is 4.16. The van der Waals surface area contributed by atoms with Crippen molar-refractivity contribution in [2.45, 2.75) is 34.6 Å². The largest absolute Gasteiger partial charge is 0.373 e. The molecule has 0 amide bonds. The van der Waals surface area contributed by atoms with Crippen molar-refractivity contribution < 1.29 is 4.79 Å². The minimum absolute atomic E-state index is 0.750. The molecular formula is C17H31ClN2O. The van der Waals surface area contributed by atoms with Crippen molar-refractivity contribution in [3.8, 4) is 0 Å². The van der Waals surface area contributed by atoms with Crippen molar-refractivity contribution in [1.82, 2.24) is 4.90 Å². The molecule has 0 saturated heterocycles. The molecule has 0 aromatic heterocycles. The van der Waals surface area contributed by atoms with E-state index in [1.807, 2.05) is 26.0 Å². The molecule has 0 bridgehead atoms. The van der Waals surface area contributed by atoms with Gasteiger partial charge in [0.25, 0.3) is 0 Å². The Balaban J connectivity index is 0. The van der Waals surface area contributed by atoms with Crippen LogP contribution >= 0.6 is 11.6 Å². The monoisotopic (exact) mass is 314 g/mol. The van der Waals surface area contributed by atoms with Crippen LogP contribution in [0.3, 0.4) is 0 Å². The van der Waals surface area contributed by atoms with E-state index in [-0.39, 0.29) is 0 Å². The van der Waals surface area contributed by atoms with Crippen LogP contribution in [0.2, 0.25) is 5.02 Å². The van der Waals surface area contributed by atoms with Gasteiger partial charge in [-0.3, -0.25) is 0 Å². The zero-order valence-electron chi connectivity index (χ0n) is 14.4. The molecule has 0 heterocycles. The van der Waals surface area contributed by atoms with Gasteiger partial charge in [0.15, 0.2) is 0 Å². The normalized spacial score (nSPS) is 9.14. The topological polar surface area (TPSA) is 23.6 Å². The van der Waals surface area contributed by atoms with Crippen molar-refractivity contribution >= 4 is 23.6 Å². The smallest absolute Gasteiger partial charge is 0.116 e. The molecular weight excluding hydrogens is 284 g/mol. The van der Waals surface area contributed by atoms with Crippen molar-refractivity contribution in [3.63, 3.8) is 0 Å². The van der Waals surface area contributed by atoms with E-state index in [4.69, 9.17) is 16.4 Å². The Labute approximate surface area is 135 Å². The van der Waals surface area contributed by atoms with Crippen LogP contribution in [0.4, 0.5) is 5.69 Å². The third-order valence-electron chi connectivity index (χ3n) is 2.91. The molecule has 4 heteroatoms. The van der Waals surface area contributed by atoms with E-state index in [9.17, 15) is 0 Å². The van der Waals surface area contributed by atoms with Crippen LogP contribution in [0.15, 0.2) is 24.3 Å². The van der Waals surface area contributed by atoms with Gasteiger partial charge in [-0.2, -0.15) is 0 Å². The fourth-order valence-corrected chi connectivity index (χ4v) is 1.78. The number of aldehydes is 1. The van der Waals surface area contributed by atoms with Gasteiger partial charge in [0, 0.05) is 30.8 Å². The summed E-state index contributed by atoms with van der Waals surface area (Å²) in [5.41, 5.74) is 1.22. The lowest BCUT2D eigenvalue weighted by Gasteiger charge is -2.24. The molecule has 0 saturated carbocycles. The molecule has 0 N–H and O–H groups in total. The molecule has 1 aromatic rings. The Kier molecular flexibility index (Phi) is 16.2. The summed E-state index contributed by atoms with van der Waals surface area (Å²) in [4.78, 5) is 13.5. The fraction of sp³-hybridized carbons (Fsp3) is 0.588. The van der Waals surface area contributed by atoms with E-state index in [0.717, 1.165) is 37.5 Å². The Morgan fingerprint density at radius 1 is 1.05 bits per heavy atom. The number of nitrogens with zero attached hydrogens (tertiary/aromatic N) is 2. The molecule has 0 unspecified atom stereocenters.